The Balaban J connectivity index is 1.63. The van der Waals surface area contributed by atoms with Crippen LogP contribution in [0.2, 0.25) is 0 Å². The molecule has 0 saturated carbocycles. The maximum absolute atomic E-state index is 12.8. The van der Waals surface area contributed by atoms with Crippen LogP contribution >= 0.6 is 0 Å². The third-order valence-electron chi connectivity index (χ3n) is 5.70. The van der Waals surface area contributed by atoms with Crippen molar-refractivity contribution >= 4 is 12.1 Å². The van der Waals surface area contributed by atoms with Crippen LogP contribution in [-0.4, -0.2) is 30.1 Å². The first-order valence-corrected chi connectivity index (χ1v) is 10.5. The minimum absolute atomic E-state index is 0.0314. The van der Waals surface area contributed by atoms with Crippen molar-refractivity contribution in [3.05, 3.63) is 71.8 Å². The molecule has 5 nitrogen and oxygen atoms in total. The standard InChI is InChI=1S/C25H31NO4/c1-25(2,3)22-14-21(23(27)29-17-19-10-6-4-7-11-19)15-26(16-22)24(28)30-18-20-12-8-5-9-13-20/h4-13,21-22H,14-18H2,1-3H3/t21-,22-/m1/s1. The van der Waals surface area contributed by atoms with Crippen molar-refractivity contribution in [2.24, 2.45) is 17.3 Å². The zero-order chi connectivity index (χ0) is 21.6. The second-order valence-corrected chi connectivity index (χ2v) is 9.03. The number of likely N-dealkylation sites (tertiary alicyclic amines) is 1. The number of hydrogen-bond donors (Lipinski definition) is 0. The number of nitrogens with zero attached hydrogens (tertiary/aromatic N) is 1. The fourth-order valence-electron chi connectivity index (χ4n) is 3.70. The van der Waals surface area contributed by atoms with E-state index in [9.17, 15) is 9.59 Å². The molecule has 3 rings (SSSR count). The summed E-state index contributed by atoms with van der Waals surface area (Å²) in [4.78, 5) is 27.2. The van der Waals surface area contributed by atoms with Gasteiger partial charge in [0.15, 0.2) is 0 Å². The highest BCUT2D eigenvalue weighted by Crippen LogP contribution is 2.36. The van der Waals surface area contributed by atoms with Gasteiger partial charge >= 0.3 is 12.1 Å². The average molecular weight is 410 g/mol. The summed E-state index contributed by atoms with van der Waals surface area (Å²) in [6.07, 6.45) is 0.327. The molecule has 0 spiro atoms. The van der Waals surface area contributed by atoms with Crippen molar-refractivity contribution in [3.8, 4) is 0 Å². The molecule has 30 heavy (non-hydrogen) atoms. The van der Waals surface area contributed by atoms with Crippen molar-refractivity contribution < 1.29 is 19.1 Å². The highest BCUT2D eigenvalue weighted by Gasteiger charge is 2.39. The summed E-state index contributed by atoms with van der Waals surface area (Å²) in [6.45, 7) is 7.80. The number of amides is 1. The summed E-state index contributed by atoms with van der Waals surface area (Å²) in [7, 11) is 0. The Morgan fingerprint density at radius 3 is 1.93 bits per heavy atom. The van der Waals surface area contributed by atoms with E-state index >= 15 is 0 Å². The molecule has 1 aliphatic rings. The Morgan fingerprint density at radius 1 is 0.867 bits per heavy atom. The quantitative estimate of drug-likeness (QED) is 0.649. The lowest BCUT2D eigenvalue weighted by atomic mass is 9.73. The lowest BCUT2D eigenvalue weighted by Gasteiger charge is -2.42. The van der Waals surface area contributed by atoms with E-state index in [4.69, 9.17) is 9.47 Å². The van der Waals surface area contributed by atoms with Crippen molar-refractivity contribution in [1.29, 1.82) is 0 Å². The molecule has 1 saturated heterocycles. The first-order valence-electron chi connectivity index (χ1n) is 10.5. The van der Waals surface area contributed by atoms with E-state index in [-0.39, 0.29) is 42.5 Å². The van der Waals surface area contributed by atoms with E-state index < -0.39 is 0 Å². The van der Waals surface area contributed by atoms with E-state index in [1.165, 1.54) is 0 Å². The average Bonchev–Trinajstić information content (AvgIpc) is 2.76. The van der Waals surface area contributed by atoms with Gasteiger partial charge in [-0.15, -0.1) is 0 Å². The molecule has 2 aromatic rings. The lowest BCUT2D eigenvalue weighted by molar-refractivity contribution is -0.153. The van der Waals surface area contributed by atoms with Crippen LogP contribution < -0.4 is 0 Å². The molecule has 0 radical (unpaired) electrons. The lowest BCUT2D eigenvalue weighted by Crippen LogP contribution is -2.49. The predicted octanol–water partition coefficient (Wildman–Crippen LogP) is 5.05. The topological polar surface area (TPSA) is 55.8 Å². The zero-order valence-electron chi connectivity index (χ0n) is 18.0. The Bertz CT molecular complexity index is 766. The van der Waals surface area contributed by atoms with Gasteiger partial charge in [0.1, 0.15) is 13.2 Å². The normalized spacial score (nSPS) is 19.2. The van der Waals surface area contributed by atoms with E-state index in [1.807, 2.05) is 60.7 Å². The molecule has 1 aliphatic heterocycles. The van der Waals surface area contributed by atoms with Gasteiger partial charge in [-0.1, -0.05) is 81.4 Å². The van der Waals surface area contributed by atoms with Crippen molar-refractivity contribution in [2.75, 3.05) is 13.1 Å². The SMILES string of the molecule is CC(C)(C)[C@@H]1C[C@@H](C(=O)OCc2ccccc2)CN(C(=O)OCc2ccccc2)C1. The van der Waals surface area contributed by atoms with E-state index in [0.717, 1.165) is 11.1 Å². The second-order valence-electron chi connectivity index (χ2n) is 9.03. The van der Waals surface area contributed by atoms with Gasteiger partial charge in [0.2, 0.25) is 0 Å². The first-order chi connectivity index (χ1) is 14.3. The molecule has 2 aromatic carbocycles. The van der Waals surface area contributed by atoms with Crippen molar-refractivity contribution in [1.82, 2.24) is 4.90 Å². The minimum atomic E-state index is -0.381. The molecule has 1 heterocycles. The van der Waals surface area contributed by atoms with Crippen LogP contribution in [0.4, 0.5) is 4.79 Å². The van der Waals surface area contributed by atoms with Crippen molar-refractivity contribution in [2.45, 2.75) is 40.4 Å². The third kappa shape index (κ3) is 6.09. The Labute approximate surface area is 179 Å². The Morgan fingerprint density at radius 2 is 1.40 bits per heavy atom. The summed E-state index contributed by atoms with van der Waals surface area (Å²) in [5, 5.41) is 0. The van der Waals surface area contributed by atoms with Gasteiger partial charge in [0.25, 0.3) is 0 Å². The number of piperidine rings is 1. The number of carbonyl (C=O) groups is 2. The van der Waals surface area contributed by atoms with Gasteiger partial charge in [0.05, 0.1) is 5.92 Å². The van der Waals surface area contributed by atoms with Gasteiger partial charge in [0, 0.05) is 13.1 Å². The molecule has 1 fully saturated rings. The van der Waals surface area contributed by atoms with Gasteiger partial charge in [-0.2, -0.15) is 0 Å². The van der Waals surface area contributed by atoms with Crippen molar-refractivity contribution in [3.63, 3.8) is 0 Å². The fourth-order valence-corrected chi connectivity index (χ4v) is 3.70. The summed E-state index contributed by atoms with van der Waals surface area (Å²) >= 11 is 0. The van der Waals surface area contributed by atoms with Gasteiger partial charge in [-0.05, 0) is 28.9 Å². The number of rotatable bonds is 5. The van der Waals surface area contributed by atoms with Crippen LogP contribution in [0.5, 0.6) is 0 Å². The molecule has 2 atom stereocenters. The number of esters is 1. The molecular formula is C25H31NO4. The predicted molar refractivity (Wildman–Crippen MR) is 115 cm³/mol. The summed E-state index contributed by atoms with van der Waals surface area (Å²) in [5.41, 5.74) is 1.86. The Kier molecular flexibility index (Phi) is 7.14. The molecule has 0 bridgehead atoms. The molecule has 5 heteroatoms. The number of benzene rings is 2. The maximum atomic E-state index is 12.8. The van der Waals surface area contributed by atoms with Crippen LogP contribution in [0.15, 0.2) is 60.7 Å². The summed E-state index contributed by atoms with van der Waals surface area (Å²) in [5.74, 6) is -0.422. The monoisotopic (exact) mass is 409 g/mol. The highest BCUT2D eigenvalue weighted by molar-refractivity contribution is 5.75. The van der Waals surface area contributed by atoms with E-state index in [2.05, 4.69) is 20.8 Å². The van der Waals surface area contributed by atoms with Crippen LogP contribution in [0.25, 0.3) is 0 Å². The molecule has 0 aromatic heterocycles. The van der Waals surface area contributed by atoms with Crippen LogP contribution in [0.3, 0.4) is 0 Å². The molecule has 1 amide bonds. The molecule has 160 valence electrons. The second kappa shape index (κ2) is 9.79. The smallest absolute Gasteiger partial charge is 0.410 e. The summed E-state index contributed by atoms with van der Waals surface area (Å²) in [6, 6.07) is 19.2. The highest BCUT2D eigenvalue weighted by atomic mass is 16.6. The van der Waals surface area contributed by atoms with Crippen LogP contribution in [0.1, 0.15) is 38.3 Å². The van der Waals surface area contributed by atoms with Gasteiger partial charge < -0.3 is 14.4 Å². The first kappa shape index (κ1) is 21.9. The number of carbonyl (C=O) groups excluding carboxylic acids is 2. The molecule has 0 N–H and O–H groups in total. The molecule has 0 aliphatic carbocycles. The van der Waals surface area contributed by atoms with Gasteiger partial charge in [-0.25, -0.2) is 4.79 Å². The zero-order valence-corrected chi connectivity index (χ0v) is 18.0. The van der Waals surface area contributed by atoms with Gasteiger partial charge in [-0.3, -0.25) is 4.79 Å². The minimum Gasteiger partial charge on any atom is -0.461 e. The van der Waals surface area contributed by atoms with Crippen LogP contribution in [0, 0.1) is 17.3 Å². The molecule has 0 unspecified atom stereocenters. The largest absolute Gasteiger partial charge is 0.461 e. The number of ether oxygens (including phenoxy) is 2. The van der Waals surface area contributed by atoms with Crippen LogP contribution in [-0.2, 0) is 27.5 Å². The summed E-state index contributed by atoms with van der Waals surface area (Å²) < 4.78 is 11.1. The maximum Gasteiger partial charge on any atom is 0.410 e. The number of hydrogen-bond acceptors (Lipinski definition) is 4. The molecular weight excluding hydrogens is 378 g/mol. The fraction of sp³-hybridized carbons (Fsp3) is 0.440. The van der Waals surface area contributed by atoms with E-state index in [1.54, 1.807) is 4.90 Å². The Hall–Kier alpha value is -2.82. The third-order valence-corrected chi connectivity index (χ3v) is 5.70. The van der Waals surface area contributed by atoms with E-state index in [0.29, 0.717) is 19.5 Å².